The lowest BCUT2D eigenvalue weighted by Crippen LogP contribution is -2.32. The SMILES string of the molecule is Cc1nn(C)c(C)c1CC(C)C(=O)NCCc1ccc(OCC(=O)O)cc1. The second-order valence-corrected chi connectivity index (χ2v) is 6.75. The molecule has 2 N–H and O–H groups in total. The van der Waals surface area contributed by atoms with Gasteiger partial charge in [-0.2, -0.15) is 5.10 Å². The van der Waals surface area contributed by atoms with E-state index in [-0.39, 0.29) is 18.4 Å². The molecule has 0 spiro atoms. The maximum Gasteiger partial charge on any atom is 0.341 e. The van der Waals surface area contributed by atoms with E-state index in [1.807, 2.05) is 44.6 Å². The van der Waals surface area contributed by atoms with E-state index in [2.05, 4.69) is 10.4 Å². The first-order chi connectivity index (χ1) is 12.8. The van der Waals surface area contributed by atoms with Gasteiger partial charge in [0, 0.05) is 25.2 Å². The molecule has 1 unspecified atom stereocenters. The van der Waals surface area contributed by atoms with Crippen LogP contribution in [-0.2, 0) is 29.5 Å². The van der Waals surface area contributed by atoms with Gasteiger partial charge in [0.15, 0.2) is 6.61 Å². The Morgan fingerprint density at radius 1 is 1.26 bits per heavy atom. The molecule has 0 bridgehead atoms. The van der Waals surface area contributed by atoms with Crippen molar-refractivity contribution in [2.75, 3.05) is 13.2 Å². The number of benzene rings is 1. The molecule has 7 nitrogen and oxygen atoms in total. The van der Waals surface area contributed by atoms with E-state index in [4.69, 9.17) is 9.84 Å². The summed E-state index contributed by atoms with van der Waals surface area (Å²) in [5.74, 6) is -0.592. The third-order valence-corrected chi connectivity index (χ3v) is 4.62. The number of carbonyl (C=O) groups is 2. The van der Waals surface area contributed by atoms with Gasteiger partial charge in [-0.05, 0) is 49.9 Å². The molecule has 7 heteroatoms. The van der Waals surface area contributed by atoms with Gasteiger partial charge in [-0.15, -0.1) is 0 Å². The Bertz CT molecular complexity index is 796. The minimum Gasteiger partial charge on any atom is -0.482 e. The number of carboxylic acid groups (broad SMARTS) is 1. The summed E-state index contributed by atoms with van der Waals surface area (Å²) >= 11 is 0. The lowest BCUT2D eigenvalue weighted by molar-refractivity contribution is -0.139. The molecule has 146 valence electrons. The summed E-state index contributed by atoms with van der Waals surface area (Å²) in [6.07, 6.45) is 1.37. The highest BCUT2D eigenvalue weighted by Crippen LogP contribution is 2.17. The molecular formula is C20H27N3O4. The summed E-state index contributed by atoms with van der Waals surface area (Å²) in [6, 6.07) is 7.21. The summed E-state index contributed by atoms with van der Waals surface area (Å²) in [5, 5.41) is 16.0. The number of aliphatic carboxylic acids is 1. The van der Waals surface area contributed by atoms with E-state index in [1.165, 1.54) is 0 Å². The minimum absolute atomic E-state index is 0.0269. The number of carboxylic acids is 1. The highest BCUT2D eigenvalue weighted by Gasteiger charge is 2.18. The van der Waals surface area contributed by atoms with Gasteiger partial charge in [-0.3, -0.25) is 9.48 Å². The van der Waals surface area contributed by atoms with Crippen molar-refractivity contribution < 1.29 is 19.4 Å². The summed E-state index contributed by atoms with van der Waals surface area (Å²) in [5.41, 5.74) is 4.25. The predicted octanol–water partition coefficient (Wildman–Crippen LogP) is 2.04. The lowest BCUT2D eigenvalue weighted by atomic mass is 9.99. The van der Waals surface area contributed by atoms with Gasteiger partial charge in [-0.1, -0.05) is 19.1 Å². The first-order valence-corrected chi connectivity index (χ1v) is 8.98. The summed E-state index contributed by atoms with van der Waals surface area (Å²) in [7, 11) is 1.91. The molecule has 0 aliphatic rings. The predicted molar refractivity (Wildman–Crippen MR) is 102 cm³/mol. The van der Waals surface area contributed by atoms with Crippen LogP contribution in [0.2, 0.25) is 0 Å². The number of nitrogens with zero attached hydrogens (tertiary/aromatic N) is 2. The molecule has 0 aliphatic heterocycles. The summed E-state index contributed by atoms with van der Waals surface area (Å²) in [4.78, 5) is 22.8. The normalized spacial score (nSPS) is 11.9. The fourth-order valence-corrected chi connectivity index (χ4v) is 2.91. The van der Waals surface area contributed by atoms with Crippen LogP contribution in [0.25, 0.3) is 0 Å². The van der Waals surface area contributed by atoms with Gasteiger partial charge in [0.1, 0.15) is 5.75 Å². The standard InChI is InChI=1S/C20H27N3O4/c1-13(11-18-14(2)22-23(4)15(18)3)20(26)21-10-9-16-5-7-17(8-6-16)27-12-19(24)25/h5-8,13H,9-12H2,1-4H3,(H,21,26)(H,24,25). The Labute approximate surface area is 159 Å². The lowest BCUT2D eigenvalue weighted by Gasteiger charge is -2.13. The Morgan fingerprint density at radius 3 is 2.48 bits per heavy atom. The zero-order chi connectivity index (χ0) is 20.0. The summed E-state index contributed by atoms with van der Waals surface area (Å²) in [6.45, 7) is 6.10. The molecule has 0 saturated heterocycles. The average molecular weight is 373 g/mol. The van der Waals surface area contributed by atoms with Crippen LogP contribution in [0.4, 0.5) is 0 Å². The van der Waals surface area contributed by atoms with Crippen LogP contribution >= 0.6 is 0 Å². The number of ether oxygens (including phenoxy) is 1. The Morgan fingerprint density at radius 2 is 1.93 bits per heavy atom. The number of amides is 1. The zero-order valence-corrected chi connectivity index (χ0v) is 16.3. The molecule has 1 heterocycles. The van der Waals surface area contributed by atoms with Crippen molar-refractivity contribution in [2.24, 2.45) is 13.0 Å². The molecule has 27 heavy (non-hydrogen) atoms. The van der Waals surface area contributed by atoms with Crippen molar-refractivity contribution in [1.29, 1.82) is 0 Å². The third kappa shape index (κ3) is 5.84. The maximum absolute atomic E-state index is 12.4. The molecule has 1 atom stereocenters. The topological polar surface area (TPSA) is 93.5 Å². The smallest absolute Gasteiger partial charge is 0.341 e. The van der Waals surface area contributed by atoms with Crippen LogP contribution in [0.5, 0.6) is 5.75 Å². The van der Waals surface area contributed by atoms with E-state index < -0.39 is 5.97 Å². The fourth-order valence-electron chi connectivity index (χ4n) is 2.91. The maximum atomic E-state index is 12.4. The number of rotatable bonds is 9. The molecule has 0 fully saturated rings. The Hall–Kier alpha value is -2.83. The first-order valence-electron chi connectivity index (χ1n) is 8.98. The van der Waals surface area contributed by atoms with Crippen molar-refractivity contribution in [1.82, 2.24) is 15.1 Å². The second-order valence-electron chi connectivity index (χ2n) is 6.75. The Kier molecular flexibility index (Phi) is 6.98. The molecular weight excluding hydrogens is 346 g/mol. The van der Waals surface area contributed by atoms with Crippen LogP contribution in [0.15, 0.2) is 24.3 Å². The van der Waals surface area contributed by atoms with Gasteiger partial charge in [0.2, 0.25) is 5.91 Å². The number of nitrogens with one attached hydrogen (secondary N) is 1. The number of hydrogen-bond acceptors (Lipinski definition) is 4. The number of aryl methyl sites for hydroxylation is 2. The van der Waals surface area contributed by atoms with Gasteiger partial charge < -0.3 is 15.2 Å². The van der Waals surface area contributed by atoms with Gasteiger partial charge in [-0.25, -0.2) is 4.79 Å². The molecule has 0 radical (unpaired) electrons. The summed E-state index contributed by atoms with van der Waals surface area (Å²) < 4.78 is 6.94. The van der Waals surface area contributed by atoms with E-state index in [0.29, 0.717) is 25.1 Å². The minimum atomic E-state index is -1.01. The van der Waals surface area contributed by atoms with Crippen molar-refractivity contribution in [2.45, 2.75) is 33.6 Å². The van der Waals surface area contributed by atoms with Gasteiger partial charge in [0.25, 0.3) is 0 Å². The van der Waals surface area contributed by atoms with Gasteiger partial charge >= 0.3 is 5.97 Å². The van der Waals surface area contributed by atoms with Gasteiger partial charge in [0.05, 0.1) is 5.69 Å². The quantitative estimate of drug-likeness (QED) is 0.702. The first kappa shape index (κ1) is 20.5. The van der Waals surface area contributed by atoms with Crippen LogP contribution in [-0.4, -0.2) is 39.9 Å². The number of carbonyl (C=O) groups excluding carboxylic acids is 1. The van der Waals surface area contributed by atoms with Crippen molar-refractivity contribution in [3.8, 4) is 5.75 Å². The molecule has 1 aromatic carbocycles. The number of hydrogen-bond donors (Lipinski definition) is 2. The molecule has 2 aromatic rings. The molecule has 2 rings (SSSR count). The van der Waals surface area contributed by atoms with Crippen molar-refractivity contribution in [3.05, 3.63) is 46.8 Å². The largest absolute Gasteiger partial charge is 0.482 e. The van der Waals surface area contributed by atoms with E-state index in [9.17, 15) is 9.59 Å². The highest BCUT2D eigenvalue weighted by atomic mass is 16.5. The number of aromatic nitrogens is 2. The molecule has 0 aliphatic carbocycles. The van der Waals surface area contributed by atoms with E-state index in [1.54, 1.807) is 12.1 Å². The Balaban J connectivity index is 1.79. The average Bonchev–Trinajstić information content (AvgIpc) is 2.87. The monoisotopic (exact) mass is 373 g/mol. The highest BCUT2D eigenvalue weighted by molar-refractivity contribution is 5.78. The van der Waals surface area contributed by atoms with E-state index >= 15 is 0 Å². The molecule has 1 aromatic heterocycles. The van der Waals surface area contributed by atoms with Crippen molar-refractivity contribution in [3.63, 3.8) is 0 Å². The van der Waals surface area contributed by atoms with Crippen molar-refractivity contribution >= 4 is 11.9 Å². The second kappa shape index (κ2) is 9.21. The molecule has 1 amide bonds. The van der Waals surface area contributed by atoms with Crippen LogP contribution in [0.1, 0.15) is 29.4 Å². The fraction of sp³-hybridized carbons (Fsp3) is 0.450. The van der Waals surface area contributed by atoms with Crippen LogP contribution in [0, 0.1) is 19.8 Å². The van der Waals surface area contributed by atoms with E-state index in [0.717, 1.165) is 22.5 Å². The third-order valence-electron chi connectivity index (χ3n) is 4.62. The zero-order valence-electron chi connectivity index (χ0n) is 16.3. The van der Waals surface area contributed by atoms with Crippen LogP contribution in [0.3, 0.4) is 0 Å². The van der Waals surface area contributed by atoms with Crippen LogP contribution < -0.4 is 10.1 Å². The molecule has 0 saturated carbocycles.